The number of amides is 1. The maximum absolute atomic E-state index is 14.9. The van der Waals surface area contributed by atoms with Gasteiger partial charge in [-0.25, -0.2) is 14.4 Å². The van der Waals surface area contributed by atoms with Crippen molar-refractivity contribution in [2.75, 3.05) is 18.5 Å². The molecular formula is C27H26F2N6O2. The average molecular weight is 505 g/mol. The number of anilines is 2. The van der Waals surface area contributed by atoms with Crippen LogP contribution in [0.15, 0.2) is 48.9 Å². The topological polar surface area (TPSA) is 107 Å². The van der Waals surface area contributed by atoms with E-state index >= 15 is 0 Å². The van der Waals surface area contributed by atoms with Gasteiger partial charge in [-0.1, -0.05) is 12.8 Å². The molecule has 1 atom stereocenters. The van der Waals surface area contributed by atoms with E-state index in [9.17, 15) is 13.6 Å². The number of benzene rings is 2. The second-order valence-electron chi connectivity index (χ2n) is 8.31. The number of fused-ring (bicyclic) bond motifs is 1. The molecule has 4 aromatic rings. The van der Waals surface area contributed by atoms with E-state index in [1.165, 1.54) is 24.5 Å². The molecule has 0 aliphatic rings. The van der Waals surface area contributed by atoms with E-state index in [1.807, 2.05) is 19.9 Å². The SMILES string of the molecule is C#CCOc1ccc(-c2cnc3c(Nc4ccc(C(=O)N[C@@H](C)CN)c(CC)c4)nccn23)c(F)c1F. The summed E-state index contributed by atoms with van der Waals surface area (Å²) in [5.41, 5.74) is 8.45. The van der Waals surface area contributed by atoms with E-state index in [4.69, 9.17) is 16.9 Å². The first kappa shape index (κ1) is 25.6. The molecule has 0 bridgehead atoms. The highest BCUT2D eigenvalue weighted by Crippen LogP contribution is 2.32. The van der Waals surface area contributed by atoms with E-state index in [1.54, 1.807) is 22.7 Å². The Morgan fingerprint density at radius 3 is 2.78 bits per heavy atom. The van der Waals surface area contributed by atoms with Crippen LogP contribution in [0, 0.1) is 24.0 Å². The number of nitrogens with zero attached hydrogens (tertiary/aromatic N) is 3. The zero-order valence-corrected chi connectivity index (χ0v) is 20.4. The lowest BCUT2D eigenvalue weighted by Gasteiger charge is -2.15. The van der Waals surface area contributed by atoms with Crippen LogP contribution < -0.4 is 21.1 Å². The van der Waals surface area contributed by atoms with Gasteiger partial charge in [0.1, 0.15) is 6.61 Å². The number of terminal acetylenes is 1. The summed E-state index contributed by atoms with van der Waals surface area (Å²) in [5, 5.41) is 6.08. The third kappa shape index (κ3) is 5.22. The molecule has 0 radical (unpaired) electrons. The molecule has 190 valence electrons. The maximum atomic E-state index is 14.9. The third-order valence-corrected chi connectivity index (χ3v) is 5.79. The van der Waals surface area contributed by atoms with Crippen molar-refractivity contribution < 1.29 is 18.3 Å². The molecule has 8 nitrogen and oxygen atoms in total. The summed E-state index contributed by atoms with van der Waals surface area (Å²) < 4.78 is 36.1. The van der Waals surface area contributed by atoms with Crippen molar-refractivity contribution >= 4 is 23.1 Å². The van der Waals surface area contributed by atoms with Gasteiger partial charge in [-0.3, -0.25) is 9.20 Å². The first-order valence-electron chi connectivity index (χ1n) is 11.7. The predicted octanol–water partition coefficient (Wildman–Crippen LogP) is 4.07. The Balaban J connectivity index is 1.65. The molecule has 0 saturated carbocycles. The molecule has 0 unspecified atom stereocenters. The molecule has 2 heterocycles. The Hall–Kier alpha value is -4.49. The summed E-state index contributed by atoms with van der Waals surface area (Å²) in [4.78, 5) is 21.4. The molecule has 4 rings (SSSR count). The van der Waals surface area contributed by atoms with Crippen molar-refractivity contribution in [3.8, 4) is 29.4 Å². The number of nitrogens with two attached hydrogens (primary N) is 1. The smallest absolute Gasteiger partial charge is 0.251 e. The number of carbonyl (C=O) groups excluding carboxylic acids is 1. The molecule has 0 spiro atoms. The lowest BCUT2D eigenvalue weighted by molar-refractivity contribution is 0.0940. The van der Waals surface area contributed by atoms with E-state index in [-0.39, 0.29) is 29.9 Å². The molecule has 0 aliphatic carbocycles. The van der Waals surface area contributed by atoms with Crippen LogP contribution in [-0.4, -0.2) is 39.5 Å². The summed E-state index contributed by atoms with van der Waals surface area (Å²) in [7, 11) is 0. The van der Waals surface area contributed by atoms with Crippen molar-refractivity contribution in [3.63, 3.8) is 0 Å². The Bertz CT molecular complexity index is 1490. The molecule has 0 fully saturated rings. The highest BCUT2D eigenvalue weighted by molar-refractivity contribution is 5.96. The Morgan fingerprint density at radius 2 is 2.05 bits per heavy atom. The first-order valence-corrected chi connectivity index (χ1v) is 11.7. The standard InChI is InChI=1S/C27H26F2N6O2/c1-4-12-37-22-9-8-20(23(28)24(22)29)21-15-32-26-25(31-10-11-35(21)26)34-18-6-7-19(17(5-2)13-18)27(36)33-16(3)14-30/h1,6-11,13,15-16H,5,12,14,30H2,2-3H3,(H,31,34)(H,33,36)/t16-/m0/s1. The number of ether oxygens (including phenoxy) is 1. The maximum Gasteiger partial charge on any atom is 0.251 e. The fourth-order valence-electron chi connectivity index (χ4n) is 3.85. The molecule has 37 heavy (non-hydrogen) atoms. The molecule has 2 aromatic heterocycles. The van der Waals surface area contributed by atoms with Gasteiger partial charge < -0.3 is 21.1 Å². The number of hydrogen-bond acceptors (Lipinski definition) is 6. The molecule has 1 amide bonds. The molecule has 2 aromatic carbocycles. The van der Waals surface area contributed by atoms with E-state index in [0.717, 1.165) is 5.56 Å². The number of imidazole rings is 1. The van der Waals surface area contributed by atoms with Crippen LogP contribution in [0.4, 0.5) is 20.3 Å². The third-order valence-electron chi connectivity index (χ3n) is 5.79. The van der Waals surface area contributed by atoms with Crippen molar-refractivity contribution in [1.29, 1.82) is 0 Å². The minimum atomic E-state index is -1.13. The van der Waals surface area contributed by atoms with Crippen molar-refractivity contribution in [2.45, 2.75) is 26.3 Å². The van der Waals surface area contributed by atoms with Gasteiger partial charge in [-0.05, 0) is 49.2 Å². The number of nitrogens with one attached hydrogen (secondary N) is 2. The van der Waals surface area contributed by atoms with Crippen LogP contribution in [0.5, 0.6) is 5.75 Å². The first-order chi connectivity index (χ1) is 17.9. The van der Waals surface area contributed by atoms with Crippen LogP contribution in [0.3, 0.4) is 0 Å². The summed E-state index contributed by atoms with van der Waals surface area (Å²) in [5.74, 6) is -0.0444. The van der Waals surface area contributed by atoms with Gasteiger partial charge in [0.2, 0.25) is 5.82 Å². The van der Waals surface area contributed by atoms with Crippen molar-refractivity contribution in [3.05, 3.63) is 71.7 Å². The summed E-state index contributed by atoms with van der Waals surface area (Å²) in [6.07, 6.45) is 10.3. The van der Waals surface area contributed by atoms with E-state index in [2.05, 4.69) is 26.5 Å². The minimum Gasteiger partial charge on any atom is -0.478 e. The number of halogens is 2. The Morgan fingerprint density at radius 1 is 1.24 bits per heavy atom. The van der Waals surface area contributed by atoms with Crippen molar-refractivity contribution in [2.24, 2.45) is 5.73 Å². The zero-order valence-electron chi connectivity index (χ0n) is 20.4. The highest BCUT2D eigenvalue weighted by atomic mass is 19.2. The van der Waals surface area contributed by atoms with Crippen LogP contribution >= 0.6 is 0 Å². The van der Waals surface area contributed by atoms with E-state index in [0.29, 0.717) is 41.4 Å². The average Bonchev–Trinajstić information content (AvgIpc) is 3.34. The zero-order chi connectivity index (χ0) is 26.5. The quantitative estimate of drug-likeness (QED) is 0.297. The number of carbonyl (C=O) groups is 1. The molecule has 0 saturated heterocycles. The molecule has 4 N–H and O–H groups in total. The predicted molar refractivity (Wildman–Crippen MR) is 138 cm³/mol. The Kier molecular flexibility index (Phi) is 7.65. The lowest BCUT2D eigenvalue weighted by Crippen LogP contribution is -2.38. The van der Waals surface area contributed by atoms with Crippen molar-refractivity contribution in [1.82, 2.24) is 19.7 Å². The van der Waals surface area contributed by atoms with Gasteiger partial charge in [0.05, 0.1) is 11.9 Å². The second-order valence-corrected chi connectivity index (χ2v) is 8.31. The van der Waals surface area contributed by atoms with E-state index < -0.39 is 11.6 Å². The van der Waals surface area contributed by atoms with Crippen LogP contribution in [0.25, 0.3) is 16.9 Å². The lowest BCUT2D eigenvalue weighted by atomic mass is 10.0. The number of rotatable bonds is 9. The van der Waals surface area contributed by atoms with Gasteiger partial charge in [0.15, 0.2) is 23.0 Å². The van der Waals surface area contributed by atoms with Crippen LogP contribution in [-0.2, 0) is 6.42 Å². The van der Waals surface area contributed by atoms with Gasteiger partial charge in [0.25, 0.3) is 5.91 Å². The van der Waals surface area contributed by atoms with Gasteiger partial charge in [-0.2, -0.15) is 4.39 Å². The summed E-state index contributed by atoms with van der Waals surface area (Å²) in [6, 6.07) is 7.95. The fourth-order valence-corrected chi connectivity index (χ4v) is 3.85. The number of aromatic nitrogens is 3. The second kappa shape index (κ2) is 11.1. The summed E-state index contributed by atoms with van der Waals surface area (Å²) in [6.45, 7) is 3.96. The molecule has 0 aliphatic heterocycles. The van der Waals surface area contributed by atoms with Gasteiger partial charge in [-0.15, -0.1) is 6.42 Å². The fraction of sp³-hybridized carbons (Fsp3) is 0.222. The number of hydrogen-bond donors (Lipinski definition) is 3. The number of aryl methyl sites for hydroxylation is 1. The minimum absolute atomic E-state index is 0.00514. The molecular weight excluding hydrogens is 478 g/mol. The highest BCUT2D eigenvalue weighted by Gasteiger charge is 2.20. The summed E-state index contributed by atoms with van der Waals surface area (Å²) >= 11 is 0. The largest absolute Gasteiger partial charge is 0.478 e. The van der Waals surface area contributed by atoms with Crippen LogP contribution in [0.2, 0.25) is 0 Å². The van der Waals surface area contributed by atoms with Crippen LogP contribution in [0.1, 0.15) is 29.8 Å². The van der Waals surface area contributed by atoms with Gasteiger partial charge >= 0.3 is 0 Å². The monoisotopic (exact) mass is 504 g/mol. The molecule has 10 heteroatoms. The Labute approximate surface area is 212 Å². The normalized spacial score (nSPS) is 11.7. The van der Waals surface area contributed by atoms with Gasteiger partial charge in [0, 0.05) is 41.8 Å².